The van der Waals surface area contributed by atoms with Crippen LogP contribution in [0, 0.1) is 5.41 Å². The number of nitrogens with one attached hydrogen (secondary N) is 1. The quantitative estimate of drug-likeness (QED) is 0.886. The van der Waals surface area contributed by atoms with Crippen LogP contribution in [0.1, 0.15) is 37.6 Å². The van der Waals surface area contributed by atoms with Crippen molar-refractivity contribution in [3.05, 3.63) is 33.3 Å². The van der Waals surface area contributed by atoms with Crippen LogP contribution in [0.2, 0.25) is 5.02 Å². The molecule has 0 fully saturated rings. The van der Waals surface area contributed by atoms with Crippen LogP contribution in [0.3, 0.4) is 0 Å². The highest BCUT2D eigenvalue weighted by Gasteiger charge is 2.13. The molecule has 0 atom stereocenters. The Labute approximate surface area is 116 Å². The van der Waals surface area contributed by atoms with Crippen LogP contribution in [-0.4, -0.2) is 12.5 Å². The second-order valence-corrected chi connectivity index (χ2v) is 6.51. The summed E-state index contributed by atoms with van der Waals surface area (Å²) in [4.78, 5) is 11.9. The van der Waals surface area contributed by atoms with Crippen molar-refractivity contribution < 1.29 is 4.79 Å². The number of carbonyl (C=O) groups is 1. The molecule has 0 aliphatic rings. The van der Waals surface area contributed by atoms with Gasteiger partial charge in [0.1, 0.15) is 0 Å². The number of hydrogen-bond donors (Lipinski definition) is 1. The molecule has 2 nitrogen and oxygen atoms in total. The topological polar surface area (TPSA) is 29.1 Å². The van der Waals surface area contributed by atoms with Crippen molar-refractivity contribution >= 4 is 33.4 Å². The maximum atomic E-state index is 11.9. The van der Waals surface area contributed by atoms with Gasteiger partial charge in [0.05, 0.1) is 10.6 Å². The number of halogens is 2. The summed E-state index contributed by atoms with van der Waals surface area (Å²) in [7, 11) is 0. The fourth-order valence-electron chi connectivity index (χ4n) is 1.32. The highest BCUT2D eigenvalue weighted by Crippen LogP contribution is 2.21. The summed E-state index contributed by atoms with van der Waals surface area (Å²) < 4.78 is 0.850. The van der Waals surface area contributed by atoms with Gasteiger partial charge in [-0.05, 0) is 30.0 Å². The predicted octanol–water partition coefficient (Wildman–Crippen LogP) is 4.27. The van der Waals surface area contributed by atoms with Gasteiger partial charge in [-0.2, -0.15) is 0 Å². The summed E-state index contributed by atoms with van der Waals surface area (Å²) >= 11 is 9.30. The van der Waals surface area contributed by atoms with Gasteiger partial charge in [0, 0.05) is 11.0 Å². The molecule has 0 aromatic heterocycles. The Bertz CT molecular complexity index is 412. The van der Waals surface area contributed by atoms with E-state index in [9.17, 15) is 4.79 Å². The second kappa shape index (κ2) is 5.87. The Kier molecular flexibility index (Phi) is 5.02. The van der Waals surface area contributed by atoms with Crippen molar-refractivity contribution in [2.75, 3.05) is 6.54 Å². The van der Waals surface area contributed by atoms with E-state index in [1.54, 1.807) is 12.1 Å². The third-order valence-electron chi connectivity index (χ3n) is 2.33. The predicted molar refractivity (Wildman–Crippen MR) is 75.6 cm³/mol. The third kappa shape index (κ3) is 5.09. The number of hydrogen-bond acceptors (Lipinski definition) is 1. The minimum Gasteiger partial charge on any atom is -0.352 e. The lowest BCUT2D eigenvalue weighted by atomic mass is 9.92. The molecule has 0 bridgehead atoms. The highest BCUT2D eigenvalue weighted by atomic mass is 79.9. The zero-order valence-corrected chi connectivity index (χ0v) is 12.7. The average Bonchev–Trinajstić information content (AvgIpc) is 2.19. The SMILES string of the molecule is CC(C)(C)CCNC(=O)c1cc(Br)ccc1Cl. The van der Waals surface area contributed by atoms with Crippen molar-refractivity contribution in [3.8, 4) is 0 Å². The number of rotatable bonds is 3. The van der Waals surface area contributed by atoms with E-state index in [2.05, 4.69) is 42.0 Å². The fraction of sp³-hybridized carbons (Fsp3) is 0.462. The fourth-order valence-corrected chi connectivity index (χ4v) is 1.88. The van der Waals surface area contributed by atoms with Gasteiger partial charge in [-0.3, -0.25) is 4.79 Å². The van der Waals surface area contributed by atoms with E-state index in [-0.39, 0.29) is 11.3 Å². The molecule has 0 saturated carbocycles. The smallest absolute Gasteiger partial charge is 0.252 e. The van der Waals surface area contributed by atoms with Crippen LogP contribution < -0.4 is 5.32 Å². The third-order valence-corrected chi connectivity index (χ3v) is 3.16. The summed E-state index contributed by atoms with van der Waals surface area (Å²) in [6, 6.07) is 5.26. The van der Waals surface area contributed by atoms with Gasteiger partial charge in [0.15, 0.2) is 0 Å². The van der Waals surface area contributed by atoms with Gasteiger partial charge in [0.2, 0.25) is 0 Å². The first-order valence-corrected chi connectivity index (χ1v) is 6.70. The van der Waals surface area contributed by atoms with E-state index >= 15 is 0 Å². The summed E-state index contributed by atoms with van der Waals surface area (Å²) in [5.41, 5.74) is 0.726. The minimum atomic E-state index is -0.124. The number of carbonyl (C=O) groups excluding carboxylic acids is 1. The van der Waals surface area contributed by atoms with Crippen molar-refractivity contribution in [3.63, 3.8) is 0 Å². The van der Waals surface area contributed by atoms with Gasteiger partial charge in [-0.1, -0.05) is 48.3 Å². The van der Waals surface area contributed by atoms with Crippen LogP contribution in [0.4, 0.5) is 0 Å². The maximum Gasteiger partial charge on any atom is 0.252 e. The summed E-state index contributed by atoms with van der Waals surface area (Å²) in [5.74, 6) is -0.124. The van der Waals surface area contributed by atoms with Crippen molar-refractivity contribution in [1.82, 2.24) is 5.32 Å². The van der Waals surface area contributed by atoms with E-state index in [4.69, 9.17) is 11.6 Å². The molecule has 1 aromatic carbocycles. The van der Waals surface area contributed by atoms with Crippen LogP contribution >= 0.6 is 27.5 Å². The first kappa shape index (κ1) is 14.5. The molecule has 0 spiro atoms. The van der Waals surface area contributed by atoms with Crippen molar-refractivity contribution in [2.24, 2.45) is 5.41 Å². The van der Waals surface area contributed by atoms with E-state index in [1.165, 1.54) is 0 Å². The Morgan fingerprint density at radius 3 is 2.65 bits per heavy atom. The maximum absolute atomic E-state index is 11.9. The molecule has 4 heteroatoms. The number of benzene rings is 1. The lowest BCUT2D eigenvalue weighted by molar-refractivity contribution is 0.0949. The van der Waals surface area contributed by atoms with Gasteiger partial charge >= 0.3 is 0 Å². The van der Waals surface area contributed by atoms with E-state index in [1.807, 2.05) is 6.07 Å². The Hall–Kier alpha value is -0.540. The lowest BCUT2D eigenvalue weighted by Crippen LogP contribution is -2.27. The molecule has 94 valence electrons. The molecule has 17 heavy (non-hydrogen) atoms. The van der Waals surface area contributed by atoms with E-state index in [0.29, 0.717) is 17.1 Å². The van der Waals surface area contributed by atoms with Crippen molar-refractivity contribution in [1.29, 1.82) is 0 Å². The molecule has 0 heterocycles. The molecule has 1 rings (SSSR count). The minimum absolute atomic E-state index is 0.124. The van der Waals surface area contributed by atoms with Crippen LogP contribution in [0.15, 0.2) is 22.7 Å². The van der Waals surface area contributed by atoms with Gasteiger partial charge in [0.25, 0.3) is 5.91 Å². The molecule has 0 aliphatic carbocycles. The summed E-state index contributed by atoms with van der Waals surface area (Å²) in [6.07, 6.45) is 0.935. The van der Waals surface area contributed by atoms with Crippen LogP contribution in [-0.2, 0) is 0 Å². The zero-order valence-electron chi connectivity index (χ0n) is 10.3. The standard InChI is InChI=1S/C13H17BrClNO/c1-13(2,3)6-7-16-12(17)10-8-9(14)4-5-11(10)15/h4-5,8H,6-7H2,1-3H3,(H,16,17). The first-order valence-electron chi connectivity index (χ1n) is 5.53. The largest absolute Gasteiger partial charge is 0.352 e. The highest BCUT2D eigenvalue weighted by molar-refractivity contribution is 9.10. The molecule has 0 unspecified atom stereocenters. The average molecular weight is 319 g/mol. The van der Waals surface area contributed by atoms with E-state index < -0.39 is 0 Å². The van der Waals surface area contributed by atoms with Crippen molar-refractivity contribution in [2.45, 2.75) is 27.2 Å². The molecule has 1 N–H and O–H groups in total. The monoisotopic (exact) mass is 317 g/mol. The molecule has 0 saturated heterocycles. The van der Waals surface area contributed by atoms with Gasteiger partial charge in [-0.25, -0.2) is 0 Å². The molecule has 0 radical (unpaired) electrons. The summed E-state index contributed by atoms with van der Waals surface area (Å²) in [5, 5.41) is 3.35. The Morgan fingerprint density at radius 1 is 1.41 bits per heavy atom. The molecule has 1 amide bonds. The lowest BCUT2D eigenvalue weighted by Gasteiger charge is -2.18. The van der Waals surface area contributed by atoms with E-state index in [0.717, 1.165) is 10.9 Å². The second-order valence-electron chi connectivity index (χ2n) is 5.19. The molecular formula is C13H17BrClNO. The first-order chi connectivity index (χ1) is 7.79. The van der Waals surface area contributed by atoms with Gasteiger partial charge < -0.3 is 5.32 Å². The van der Waals surface area contributed by atoms with Gasteiger partial charge in [-0.15, -0.1) is 0 Å². The zero-order chi connectivity index (χ0) is 13.1. The summed E-state index contributed by atoms with van der Waals surface area (Å²) in [6.45, 7) is 7.09. The Balaban J connectivity index is 2.61. The molecular weight excluding hydrogens is 302 g/mol. The Morgan fingerprint density at radius 2 is 2.06 bits per heavy atom. The molecule has 1 aromatic rings. The van der Waals surface area contributed by atoms with Crippen LogP contribution in [0.25, 0.3) is 0 Å². The molecule has 0 aliphatic heterocycles. The van der Waals surface area contributed by atoms with Crippen LogP contribution in [0.5, 0.6) is 0 Å². The normalized spacial score (nSPS) is 11.4. The number of amides is 1.